The van der Waals surface area contributed by atoms with Gasteiger partial charge in [0.2, 0.25) is 0 Å². The van der Waals surface area contributed by atoms with Crippen LogP contribution in [0, 0.1) is 12.8 Å². The number of nitrogens with one attached hydrogen (secondary N) is 2. The molecule has 10 heteroatoms. The molecule has 3 N–H and O–H groups in total. The van der Waals surface area contributed by atoms with Gasteiger partial charge in [0.05, 0.1) is 24.3 Å². The molecular formula is C29H35N3O6S. The van der Waals surface area contributed by atoms with Gasteiger partial charge in [-0.3, -0.25) is 9.69 Å². The van der Waals surface area contributed by atoms with Gasteiger partial charge in [-0.05, 0) is 57.4 Å². The minimum Gasteiger partial charge on any atom is -0.496 e. The molecule has 2 aromatic rings. The molecule has 1 fully saturated rings. The number of esters is 1. The molecule has 9 nitrogen and oxygen atoms in total. The standard InChI is InChI=1S/C29H35N3O6S/c1-18(15-20(27(33)34)11-12-32-13-14-39-17-32)9-10-22-25(31-29(36)30-21-7-5-4-6-8-21)24-23(16-38-28(24)35)19(2)26(22)37-3/h4-9,20H,10-17H2,1-3H3,(H,33,34)(H2,30,31,36)/b18-9+. The van der Waals surface area contributed by atoms with Gasteiger partial charge in [-0.2, -0.15) is 0 Å². The Morgan fingerprint density at radius 1 is 1.26 bits per heavy atom. The fraction of sp³-hybridized carbons (Fsp3) is 0.414. The number of carbonyl (C=O) groups excluding carboxylic acids is 2. The SMILES string of the molecule is COc1c(C)c2c(c(NC(=O)Nc3ccccc3)c1C/C=C(\C)CC(CCN1CCSC1)C(=O)O)C(=O)OC2. The summed E-state index contributed by atoms with van der Waals surface area (Å²) in [5, 5.41) is 15.5. The van der Waals surface area contributed by atoms with Crippen LogP contribution in [0.5, 0.6) is 5.75 Å². The number of hydrogen-bond acceptors (Lipinski definition) is 7. The highest BCUT2D eigenvalue weighted by Gasteiger charge is 2.33. The Morgan fingerprint density at radius 3 is 2.69 bits per heavy atom. The molecule has 0 saturated carbocycles. The number of carboxylic acid groups (broad SMARTS) is 1. The molecule has 0 spiro atoms. The van der Waals surface area contributed by atoms with Crippen molar-refractivity contribution in [3.63, 3.8) is 0 Å². The van der Waals surface area contributed by atoms with Gasteiger partial charge in [-0.15, -0.1) is 11.8 Å². The van der Waals surface area contributed by atoms with E-state index in [4.69, 9.17) is 9.47 Å². The first-order valence-electron chi connectivity index (χ1n) is 13.0. The smallest absolute Gasteiger partial charge is 0.341 e. The maximum absolute atomic E-state index is 13.0. The molecule has 1 unspecified atom stereocenters. The number of benzene rings is 2. The maximum Gasteiger partial charge on any atom is 0.341 e. The number of rotatable bonds is 11. The Labute approximate surface area is 232 Å². The molecule has 208 valence electrons. The molecule has 2 aliphatic heterocycles. The summed E-state index contributed by atoms with van der Waals surface area (Å²) in [6.45, 7) is 5.65. The monoisotopic (exact) mass is 553 g/mol. The summed E-state index contributed by atoms with van der Waals surface area (Å²) in [5.74, 6) is 0.815. The second-order valence-electron chi connectivity index (χ2n) is 9.82. The number of thioether (sulfide) groups is 1. The van der Waals surface area contributed by atoms with Crippen LogP contribution in [0.4, 0.5) is 16.2 Å². The number of carboxylic acids is 1. The van der Waals surface area contributed by atoms with Gasteiger partial charge in [-0.1, -0.05) is 29.8 Å². The average Bonchev–Trinajstić information content (AvgIpc) is 3.57. The number of para-hydroxylation sites is 1. The lowest BCUT2D eigenvalue weighted by molar-refractivity contribution is -0.142. The first-order valence-corrected chi connectivity index (χ1v) is 14.1. The molecule has 39 heavy (non-hydrogen) atoms. The van der Waals surface area contributed by atoms with E-state index in [0.29, 0.717) is 53.1 Å². The number of urea groups is 1. The van der Waals surface area contributed by atoms with Crippen molar-refractivity contribution in [3.05, 3.63) is 64.2 Å². The zero-order chi connectivity index (χ0) is 27.9. The zero-order valence-electron chi connectivity index (χ0n) is 22.5. The molecule has 2 aromatic carbocycles. The van der Waals surface area contributed by atoms with E-state index < -0.39 is 23.9 Å². The molecule has 0 radical (unpaired) electrons. The number of fused-ring (bicyclic) bond motifs is 1. The lowest BCUT2D eigenvalue weighted by Crippen LogP contribution is -2.25. The highest BCUT2D eigenvalue weighted by molar-refractivity contribution is 7.99. The lowest BCUT2D eigenvalue weighted by atomic mass is 9.92. The first-order chi connectivity index (χ1) is 18.8. The van der Waals surface area contributed by atoms with Crippen molar-refractivity contribution in [2.75, 3.05) is 42.5 Å². The summed E-state index contributed by atoms with van der Waals surface area (Å²) in [4.78, 5) is 40.0. The van der Waals surface area contributed by atoms with E-state index in [1.54, 1.807) is 19.2 Å². The Bertz CT molecular complexity index is 1260. The third-order valence-electron chi connectivity index (χ3n) is 7.14. The summed E-state index contributed by atoms with van der Waals surface area (Å²) < 4.78 is 11.1. The summed E-state index contributed by atoms with van der Waals surface area (Å²) >= 11 is 1.87. The number of allylic oxidation sites excluding steroid dienone is 2. The van der Waals surface area contributed by atoms with Crippen LogP contribution >= 0.6 is 11.8 Å². The maximum atomic E-state index is 13.0. The van der Waals surface area contributed by atoms with Crippen LogP contribution in [0.25, 0.3) is 0 Å². The first kappa shape index (κ1) is 28.5. The molecule has 1 saturated heterocycles. The van der Waals surface area contributed by atoms with Crippen molar-refractivity contribution < 1.29 is 29.0 Å². The highest BCUT2D eigenvalue weighted by atomic mass is 32.2. The summed E-state index contributed by atoms with van der Waals surface area (Å²) in [7, 11) is 1.55. The number of aliphatic carboxylic acids is 1. The Morgan fingerprint density at radius 2 is 2.03 bits per heavy atom. The number of hydrogen-bond donors (Lipinski definition) is 3. The minimum atomic E-state index is -0.803. The fourth-order valence-corrected chi connectivity index (χ4v) is 6.05. The normalized spacial score (nSPS) is 16.0. The van der Waals surface area contributed by atoms with Crippen LogP contribution < -0.4 is 15.4 Å². The van der Waals surface area contributed by atoms with E-state index in [1.807, 2.05) is 49.9 Å². The second kappa shape index (κ2) is 13.0. The average molecular weight is 554 g/mol. The van der Waals surface area contributed by atoms with Gasteiger partial charge in [0.15, 0.2) is 0 Å². The number of carbonyl (C=O) groups is 3. The molecular weight excluding hydrogens is 518 g/mol. The van der Waals surface area contributed by atoms with Gasteiger partial charge in [0, 0.05) is 35.0 Å². The molecule has 2 heterocycles. The third-order valence-corrected chi connectivity index (χ3v) is 8.16. The van der Waals surface area contributed by atoms with E-state index in [9.17, 15) is 19.5 Å². The molecule has 0 aliphatic carbocycles. The highest BCUT2D eigenvalue weighted by Crippen LogP contribution is 2.41. The third kappa shape index (κ3) is 6.93. The Kier molecular flexibility index (Phi) is 9.53. The molecule has 1 atom stereocenters. The predicted molar refractivity (Wildman–Crippen MR) is 153 cm³/mol. The van der Waals surface area contributed by atoms with Crippen LogP contribution in [0.15, 0.2) is 42.0 Å². The van der Waals surface area contributed by atoms with Crippen LogP contribution in [0.3, 0.4) is 0 Å². The predicted octanol–water partition coefficient (Wildman–Crippen LogP) is 5.29. The van der Waals surface area contributed by atoms with Crippen molar-refractivity contribution in [3.8, 4) is 5.75 Å². The number of methoxy groups -OCH3 is 1. The molecule has 4 rings (SSSR count). The lowest BCUT2D eigenvalue weighted by Gasteiger charge is -2.20. The van der Waals surface area contributed by atoms with Gasteiger partial charge in [0.1, 0.15) is 12.4 Å². The second-order valence-corrected chi connectivity index (χ2v) is 10.9. The van der Waals surface area contributed by atoms with E-state index in [2.05, 4.69) is 15.5 Å². The summed E-state index contributed by atoms with van der Waals surface area (Å²) in [5.41, 5.74) is 4.29. The fourth-order valence-electron chi connectivity index (χ4n) is 5.02. The van der Waals surface area contributed by atoms with Crippen molar-refractivity contribution in [1.82, 2.24) is 4.90 Å². The number of anilines is 2. The quantitative estimate of drug-likeness (QED) is 0.254. The van der Waals surface area contributed by atoms with Crippen LogP contribution in [-0.2, 0) is 22.6 Å². The van der Waals surface area contributed by atoms with E-state index >= 15 is 0 Å². The van der Waals surface area contributed by atoms with Gasteiger partial charge in [0.25, 0.3) is 0 Å². The van der Waals surface area contributed by atoms with Gasteiger partial charge in [-0.25, -0.2) is 9.59 Å². The molecule has 2 amide bonds. The van der Waals surface area contributed by atoms with Crippen molar-refractivity contribution in [1.29, 1.82) is 0 Å². The molecule has 0 aromatic heterocycles. The minimum absolute atomic E-state index is 0.107. The van der Waals surface area contributed by atoms with Gasteiger partial charge >= 0.3 is 18.0 Å². The van der Waals surface area contributed by atoms with E-state index in [1.165, 1.54) is 0 Å². The zero-order valence-corrected chi connectivity index (χ0v) is 23.4. The van der Waals surface area contributed by atoms with Crippen LogP contribution in [0.1, 0.15) is 46.8 Å². The van der Waals surface area contributed by atoms with E-state index in [-0.39, 0.29) is 6.61 Å². The number of nitrogens with zero attached hydrogens (tertiary/aromatic N) is 1. The largest absolute Gasteiger partial charge is 0.496 e. The molecule has 2 aliphatic rings. The number of ether oxygens (including phenoxy) is 2. The van der Waals surface area contributed by atoms with Crippen molar-refractivity contribution in [2.24, 2.45) is 5.92 Å². The Balaban J connectivity index is 1.59. The Hall–Kier alpha value is -3.50. The topological polar surface area (TPSA) is 117 Å². The summed E-state index contributed by atoms with van der Waals surface area (Å²) in [6, 6.07) is 8.51. The van der Waals surface area contributed by atoms with E-state index in [0.717, 1.165) is 35.9 Å². The summed E-state index contributed by atoms with van der Waals surface area (Å²) in [6.07, 6.45) is 3.29. The molecule has 0 bridgehead atoms. The van der Waals surface area contributed by atoms with Crippen LogP contribution in [0.2, 0.25) is 0 Å². The van der Waals surface area contributed by atoms with Crippen LogP contribution in [-0.4, -0.2) is 59.8 Å². The van der Waals surface area contributed by atoms with Gasteiger partial charge < -0.3 is 25.2 Å². The van der Waals surface area contributed by atoms with Crippen molar-refractivity contribution >= 4 is 41.1 Å². The van der Waals surface area contributed by atoms with Crippen molar-refractivity contribution in [2.45, 2.75) is 39.7 Å². The number of cyclic esters (lactones) is 1. The number of amides is 2.